The van der Waals surface area contributed by atoms with E-state index in [1.165, 1.54) is 11.8 Å². The molecule has 1 fully saturated rings. The summed E-state index contributed by atoms with van der Waals surface area (Å²) in [6.07, 6.45) is 1.89. The van der Waals surface area contributed by atoms with Crippen molar-refractivity contribution in [2.24, 2.45) is 0 Å². The fourth-order valence-corrected chi connectivity index (χ4v) is 2.95. The molecule has 116 valence electrons. The Hall–Kier alpha value is -2.14. The third-order valence-corrected chi connectivity index (χ3v) is 4.02. The Labute approximate surface area is 130 Å². The lowest BCUT2D eigenvalue weighted by Gasteiger charge is -2.19. The van der Waals surface area contributed by atoms with Gasteiger partial charge in [-0.25, -0.2) is 4.98 Å². The van der Waals surface area contributed by atoms with Gasteiger partial charge < -0.3 is 15.2 Å². The lowest BCUT2D eigenvalue weighted by Crippen LogP contribution is -2.34. The smallest absolute Gasteiger partial charge is 0.251 e. The molecule has 0 amide bonds. The zero-order chi connectivity index (χ0) is 15.4. The minimum Gasteiger partial charge on any atom is -0.370 e. The van der Waals surface area contributed by atoms with Crippen LogP contribution >= 0.6 is 0 Å². The summed E-state index contributed by atoms with van der Waals surface area (Å²) in [5.74, 6) is 0.760. The number of aromatic amines is 1. The SMILES string of the molecule is Cc1cc(=O)[nH]c(CCNC2CCN(c3ccccc3)C2)n1. The second-order valence-electron chi connectivity index (χ2n) is 5.80. The molecule has 1 atom stereocenters. The average molecular weight is 298 g/mol. The zero-order valence-corrected chi connectivity index (χ0v) is 12.9. The largest absolute Gasteiger partial charge is 0.370 e. The van der Waals surface area contributed by atoms with Gasteiger partial charge in [0, 0.05) is 49.5 Å². The van der Waals surface area contributed by atoms with E-state index in [1.807, 2.05) is 13.0 Å². The Kier molecular flexibility index (Phi) is 4.53. The molecule has 0 radical (unpaired) electrons. The number of para-hydroxylation sites is 1. The number of aryl methyl sites for hydroxylation is 1. The van der Waals surface area contributed by atoms with Crippen LogP contribution in [0.25, 0.3) is 0 Å². The van der Waals surface area contributed by atoms with E-state index in [-0.39, 0.29) is 5.56 Å². The van der Waals surface area contributed by atoms with E-state index in [2.05, 4.69) is 44.5 Å². The minimum atomic E-state index is -0.0707. The summed E-state index contributed by atoms with van der Waals surface area (Å²) in [4.78, 5) is 21.0. The van der Waals surface area contributed by atoms with Crippen LogP contribution in [0.4, 0.5) is 5.69 Å². The maximum absolute atomic E-state index is 11.4. The summed E-state index contributed by atoms with van der Waals surface area (Å²) in [7, 11) is 0. The highest BCUT2D eigenvalue weighted by molar-refractivity contribution is 5.47. The number of hydrogen-bond acceptors (Lipinski definition) is 4. The number of H-pyrrole nitrogens is 1. The summed E-state index contributed by atoms with van der Waals surface area (Å²) < 4.78 is 0. The van der Waals surface area contributed by atoms with Crippen molar-refractivity contribution in [3.05, 3.63) is 58.3 Å². The summed E-state index contributed by atoms with van der Waals surface area (Å²) in [6, 6.07) is 12.5. The van der Waals surface area contributed by atoms with Gasteiger partial charge in [-0.1, -0.05) is 18.2 Å². The van der Waals surface area contributed by atoms with Crippen molar-refractivity contribution >= 4 is 5.69 Å². The summed E-state index contributed by atoms with van der Waals surface area (Å²) in [5, 5.41) is 3.57. The van der Waals surface area contributed by atoms with Gasteiger partial charge in [-0.2, -0.15) is 0 Å². The Balaban J connectivity index is 1.48. The first-order chi connectivity index (χ1) is 10.7. The fraction of sp³-hybridized carbons (Fsp3) is 0.412. The molecule has 0 aliphatic carbocycles. The molecule has 1 aliphatic rings. The van der Waals surface area contributed by atoms with E-state index in [9.17, 15) is 4.79 Å². The minimum absolute atomic E-state index is 0.0707. The van der Waals surface area contributed by atoms with Crippen molar-refractivity contribution in [1.29, 1.82) is 0 Å². The molecule has 1 unspecified atom stereocenters. The topological polar surface area (TPSA) is 61.0 Å². The van der Waals surface area contributed by atoms with Crippen LogP contribution < -0.4 is 15.8 Å². The molecular weight excluding hydrogens is 276 g/mol. The molecule has 1 aliphatic heterocycles. The van der Waals surface area contributed by atoms with Gasteiger partial charge in [-0.15, -0.1) is 0 Å². The Bertz CT molecular complexity index is 668. The van der Waals surface area contributed by atoms with E-state index in [0.29, 0.717) is 6.04 Å². The molecule has 3 rings (SSSR count). The van der Waals surface area contributed by atoms with Gasteiger partial charge in [-0.3, -0.25) is 4.79 Å². The number of aromatic nitrogens is 2. The van der Waals surface area contributed by atoms with Gasteiger partial charge in [0.1, 0.15) is 5.82 Å². The molecule has 5 nitrogen and oxygen atoms in total. The molecule has 1 saturated heterocycles. The molecule has 1 aromatic heterocycles. The second-order valence-corrected chi connectivity index (χ2v) is 5.80. The predicted molar refractivity (Wildman–Crippen MR) is 88.4 cm³/mol. The second kappa shape index (κ2) is 6.75. The third-order valence-electron chi connectivity index (χ3n) is 4.02. The van der Waals surface area contributed by atoms with Gasteiger partial charge >= 0.3 is 0 Å². The molecule has 2 heterocycles. The van der Waals surface area contributed by atoms with Crippen molar-refractivity contribution < 1.29 is 0 Å². The maximum Gasteiger partial charge on any atom is 0.251 e. The van der Waals surface area contributed by atoms with Crippen LogP contribution in [0.2, 0.25) is 0 Å². The first-order valence-electron chi connectivity index (χ1n) is 7.81. The molecule has 2 aromatic rings. The van der Waals surface area contributed by atoms with Crippen molar-refractivity contribution in [1.82, 2.24) is 15.3 Å². The summed E-state index contributed by atoms with van der Waals surface area (Å²) in [5.41, 5.74) is 1.99. The quantitative estimate of drug-likeness (QED) is 0.878. The molecule has 22 heavy (non-hydrogen) atoms. The molecular formula is C17H22N4O. The number of hydrogen-bond donors (Lipinski definition) is 2. The molecule has 1 aromatic carbocycles. The number of anilines is 1. The predicted octanol–water partition coefficient (Wildman–Crippen LogP) is 1.49. The van der Waals surface area contributed by atoms with Gasteiger partial charge in [0.25, 0.3) is 5.56 Å². The first kappa shape index (κ1) is 14.8. The Morgan fingerprint density at radius 3 is 2.95 bits per heavy atom. The van der Waals surface area contributed by atoms with E-state index in [0.717, 1.165) is 44.0 Å². The lowest BCUT2D eigenvalue weighted by atomic mass is 10.2. The van der Waals surface area contributed by atoms with E-state index in [1.54, 1.807) is 0 Å². The van der Waals surface area contributed by atoms with Crippen LogP contribution in [0.1, 0.15) is 17.9 Å². The summed E-state index contributed by atoms with van der Waals surface area (Å²) in [6.45, 7) is 4.80. The first-order valence-corrected chi connectivity index (χ1v) is 7.81. The van der Waals surface area contributed by atoms with E-state index >= 15 is 0 Å². The Morgan fingerprint density at radius 2 is 2.18 bits per heavy atom. The normalized spacial score (nSPS) is 17.9. The molecule has 0 saturated carbocycles. The van der Waals surface area contributed by atoms with Gasteiger partial charge in [0.15, 0.2) is 0 Å². The number of nitrogens with zero attached hydrogens (tertiary/aromatic N) is 2. The molecule has 0 spiro atoms. The highest BCUT2D eigenvalue weighted by atomic mass is 16.1. The number of benzene rings is 1. The zero-order valence-electron chi connectivity index (χ0n) is 12.9. The Morgan fingerprint density at radius 1 is 1.36 bits per heavy atom. The third kappa shape index (κ3) is 3.74. The number of rotatable bonds is 5. The maximum atomic E-state index is 11.4. The van der Waals surface area contributed by atoms with Gasteiger partial charge in [0.2, 0.25) is 0 Å². The lowest BCUT2D eigenvalue weighted by molar-refractivity contribution is 0.548. The molecule has 0 bridgehead atoms. The molecule has 5 heteroatoms. The highest BCUT2D eigenvalue weighted by Gasteiger charge is 2.21. The van der Waals surface area contributed by atoms with E-state index in [4.69, 9.17) is 0 Å². The van der Waals surface area contributed by atoms with Gasteiger partial charge in [-0.05, 0) is 25.5 Å². The van der Waals surface area contributed by atoms with Crippen LogP contribution in [-0.4, -0.2) is 35.6 Å². The van der Waals surface area contributed by atoms with Crippen LogP contribution in [-0.2, 0) is 6.42 Å². The van der Waals surface area contributed by atoms with E-state index < -0.39 is 0 Å². The highest BCUT2D eigenvalue weighted by Crippen LogP contribution is 2.19. The fourth-order valence-electron chi connectivity index (χ4n) is 2.95. The standard InChI is InChI=1S/C17H22N4O/c1-13-11-17(22)20-16(19-13)7-9-18-14-8-10-21(12-14)15-5-3-2-4-6-15/h2-6,11,14,18H,7-10,12H2,1H3,(H,19,20,22). The molecule has 2 N–H and O–H groups in total. The van der Waals surface area contributed by atoms with Crippen LogP contribution in [0.5, 0.6) is 0 Å². The average Bonchev–Trinajstić information content (AvgIpc) is 2.96. The van der Waals surface area contributed by atoms with Crippen molar-refractivity contribution in [3.8, 4) is 0 Å². The van der Waals surface area contributed by atoms with Crippen LogP contribution in [0, 0.1) is 6.92 Å². The number of nitrogens with one attached hydrogen (secondary N) is 2. The summed E-state index contributed by atoms with van der Waals surface area (Å²) >= 11 is 0. The van der Waals surface area contributed by atoms with Gasteiger partial charge in [0.05, 0.1) is 0 Å². The van der Waals surface area contributed by atoms with Crippen molar-refractivity contribution in [2.45, 2.75) is 25.8 Å². The van der Waals surface area contributed by atoms with Crippen LogP contribution in [0.15, 0.2) is 41.2 Å². The van der Waals surface area contributed by atoms with Crippen molar-refractivity contribution in [2.75, 3.05) is 24.5 Å². The van der Waals surface area contributed by atoms with Crippen molar-refractivity contribution in [3.63, 3.8) is 0 Å². The monoisotopic (exact) mass is 298 g/mol. The van der Waals surface area contributed by atoms with Crippen LogP contribution in [0.3, 0.4) is 0 Å².